The van der Waals surface area contributed by atoms with E-state index < -0.39 is 4.92 Å². The van der Waals surface area contributed by atoms with Crippen LogP contribution in [0.1, 0.15) is 38.4 Å². The number of ether oxygens (including phenoxy) is 1. The summed E-state index contributed by atoms with van der Waals surface area (Å²) in [7, 11) is 3.59. The van der Waals surface area contributed by atoms with Gasteiger partial charge in [-0.3, -0.25) is 19.7 Å². The molecule has 5 rings (SSSR count). The van der Waals surface area contributed by atoms with Gasteiger partial charge in [0.25, 0.3) is 17.5 Å². The van der Waals surface area contributed by atoms with E-state index in [9.17, 15) is 19.7 Å². The van der Waals surface area contributed by atoms with Crippen LogP contribution in [0.2, 0.25) is 0 Å². The smallest absolute Gasteiger partial charge is 0.270 e. The third-order valence-corrected chi connectivity index (χ3v) is 8.45. The van der Waals surface area contributed by atoms with Crippen LogP contribution in [0.15, 0.2) is 41.3 Å². The second kappa shape index (κ2) is 11.2. The van der Waals surface area contributed by atoms with Crippen LogP contribution in [0.5, 0.6) is 5.75 Å². The number of nitrogens with one attached hydrogen (secondary N) is 2. The molecule has 1 fully saturated rings. The molecule has 0 unspecified atom stereocenters. The number of aryl methyl sites for hydroxylation is 1. The highest BCUT2D eigenvalue weighted by Crippen LogP contribution is 2.38. The van der Waals surface area contributed by atoms with Crippen molar-refractivity contribution in [2.75, 3.05) is 45.7 Å². The van der Waals surface area contributed by atoms with E-state index in [2.05, 4.69) is 22.2 Å². The first-order valence-electron chi connectivity index (χ1n) is 12.9. The summed E-state index contributed by atoms with van der Waals surface area (Å²) in [5, 5.41) is 14.2. The van der Waals surface area contributed by atoms with Gasteiger partial charge in [0.15, 0.2) is 0 Å². The minimum atomic E-state index is -0.425. The number of methoxy groups -OCH3 is 1. The number of carbonyl (C=O) groups excluding carboxylic acids is 2. The monoisotopic (exact) mass is 561 g/mol. The second-order valence-corrected chi connectivity index (χ2v) is 11.1. The standard InChI is InChI=1S/C29H31N5O5S/c1-17-25(30-18(2)27(17)29(36)33-11-9-32(3)10-12-33)15-23-22-14-21(6-7-24(22)31-28(23)35)40-16-19-13-20(34(37)38)5-8-26(19)39-4/h5-8,13-15,30H,9-12,16H2,1-4H3,(H,31,35)/b23-15-. The Morgan fingerprint density at radius 2 is 1.90 bits per heavy atom. The molecule has 0 radical (unpaired) electrons. The first-order valence-corrected chi connectivity index (χ1v) is 13.9. The Hall–Kier alpha value is -4.09. The number of carbonyl (C=O) groups is 2. The van der Waals surface area contributed by atoms with Gasteiger partial charge in [0.1, 0.15) is 5.75 Å². The lowest BCUT2D eigenvalue weighted by Crippen LogP contribution is -2.47. The number of benzene rings is 2. The van der Waals surface area contributed by atoms with Crippen molar-refractivity contribution in [2.45, 2.75) is 24.5 Å². The number of rotatable bonds is 7. The fourth-order valence-electron chi connectivity index (χ4n) is 5.10. The molecule has 0 bridgehead atoms. The Labute approximate surface area is 236 Å². The van der Waals surface area contributed by atoms with Crippen molar-refractivity contribution in [3.8, 4) is 5.75 Å². The number of aromatic nitrogens is 1. The predicted molar refractivity (Wildman–Crippen MR) is 156 cm³/mol. The van der Waals surface area contributed by atoms with Crippen molar-refractivity contribution < 1.29 is 19.2 Å². The Morgan fingerprint density at radius 1 is 1.15 bits per heavy atom. The molecule has 1 saturated heterocycles. The summed E-state index contributed by atoms with van der Waals surface area (Å²) in [4.78, 5) is 45.4. The maximum absolute atomic E-state index is 13.3. The van der Waals surface area contributed by atoms with Crippen LogP contribution in [0.4, 0.5) is 11.4 Å². The zero-order chi connectivity index (χ0) is 28.6. The van der Waals surface area contributed by atoms with Crippen molar-refractivity contribution in [3.05, 3.63) is 80.2 Å². The van der Waals surface area contributed by atoms with Gasteiger partial charge in [0.2, 0.25) is 0 Å². The summed E-state index contributed by atoms with van der Waals surface area (Å²) in [5.41, 5.74) is 5.68. The van der Waals surface area contributed by atoms with E-state index in [1.807, 2.05) is 43.0 Å². The average Bonchev–Trinajstić information content (AvgIpc) is 3.40. The maximum Gasteiger partial charge on any atom is 0.270 e. The number of nitrogens with zero attached hydrogens (tertiary/aromatic N) is 3. The third-order valence-electron chi connectivity index (χ3n) is 7.41. The third kappa shape index (κ3) is 5.34. The summed E-state index contributed by atoms with van der Waals surface area (Å²) in [6.07, 6.45) is 1.81. The van der Waals surface area contributed by atoms with Crippen LogP contribution < -0.4 is 10.1 Å². The van der Waals surface area contributed by atoms with Crippen LogP contribution >= 0.6 is 11.8 Å². The largest absolute Gasteiger partial charge is 0.496 e. The number of likely N-dealkylation sites (N-methyl/N-ethyl adjacent to an activating group) is 1. The molecule has 40 heavy (non-hydrogen) atoms. The number of non-ortho nitro benzene ring substituents is 1. The van der Waals surface area contributed by atoms with Crippen LogP contribution in [-0.4, -0.2) is 71.9 Å². The van der Waals surface area contributed by atoms with E-state index in [1.54, 1.807) is 6.07 Å². The highest BCUT2D eigenvalue weighted by Gasteiger charge is 2.28. The topological polar surface area (TPSA) is 121 Å². The number of thioether (sulfide) groups is 1. The second-order valence-electron chi connectivity index (χ2n) is 10.0. The number of nitro groups is 1. The highest BCUT2D eigenvalue weighted by molar-refractivity contribution is 7.98. The molecule has 2 amide bonds. The fourth-order valence-corrected chi connectivity index (χ4v) is 6.02. The van der Waals surface area contributed by atoms with Gasteiger partial charge in [-0.05, 0) is 56.8 Å². The van der Waals surface area contributed by atoms with Gasteiger partial charge in [0, 0.05) is 77.2 Å². The Morgan fingerprint density at radius 3 is 2.60 bits per heavy atom. The summed E-state index contributed by atoms with van der Waals surface area (Å²) in [6, 6.07) is 10.3. The number of nitro benzene ring substituents is 1. The normalized spacial score (nSPS) is 16.2. The van der Waals surface area contributed by atoms with Gasteiger partial charge in [-0.1, -0.05) is 0 Å². The number of anilines is 1. The lowest BCUT2D eigenvalue weighted by molar-refractivity contribution is -0.384. The molecule has 11 heteroatoms. The van der Waals surface area contributed by atoms with Crippen molar-refractivity contribution >= 4 is 46.6 Å². The number of piperazine rings is 1. The zero-order valence-electron chi connectivity index (χ0n) is 22.9. The van der Waals surface area contributed by atoms with Crippen LogP contribution in [-0.2, 0) is 10.5 Å². The molecule has 0 saturated carbocycles. The molecular formula is C29H31N5O5S. The Bertz CT molecular complexity index is 1540. The summed E-state index contributed by atoms with van der Waals surface area (Å²) in [5.74, 6) is 0.833. The number of amides is 2. The molecular weight excluding hydrogens is 530 g/mol. The molecule has 2 aromatic carbocycles. The summed E-state index contributed by atoms with van der Waals surface area (Å²) < 4.78 is 5.39. The average molecular weight is 562 g/mol. The van der Waals surface area contributed by atoms with Crippen molar-refractivity contribution in [3.63, 3.8) is 0 Å². The lowest BCUT2D eigenvalue weighted by Gasteiger charge is -2.32. The lowest BCUT2D eigenvalue weighted by atomic mass is 10.0. The summed E-state index contributed by atoms with van der Waals surface area (Å²) in [6.45, 7) is 6.86. The number of hydrogen-bond donors (Lipinski definition) is 2. The summed E-state index contributed by atoms with van der Waals surface area (Å²) >= 11 is 1.50. The van der Waals surface area contributed by atoms with Gasteiger partial charge < -0.3 is 24.8 Å². The van der Waals surface area contributed by atoms with E-state index in [-0.39, 0.29) is 17.5 Å². The minimum absolute atomic E-state index is 0.00690. The van der Waals surface area contributed by atoms with Gasteiger partial charge in [-0.15, -0.1) is 11.8 Å². The highest BCUT2D eigenvalue weighted by atomic mass is 32.2. The molecule has 2 N–H and O–H groups in total. The maximum atomic E-state index is 13.3. The van der Waals surface area contributed by atoms with Gasteiger partial charge >= 0.3 is 0 Å². The minimum Gasteiger partial charge on any atom is -0.496 e. The Balaban J connectivity index is 1.40. The number of fused-ring (bicyclic) bond motifs is 1. The van der Waals surface area contributed by atoms with Gasteiger partial charge in [-0.2, -0.15) is 0 Å². The van der Waals surface area contributed by atoms with E-state index in [1.165, 1.54) is 31.0 Å². The van der Waals surface area contributed by atoms with Gasteiger partial charge in [-0.25, -0.2) is 0 Å². The molecule has 3 aromatic rings. The molecule has 208 valence electrons. The fraction of sp³-hybridized carbons (Fsp3) is 0.310. The molecule has 3 heterocycles. The van der Waals surface area contributed by atoms with E-state index in [0.29, 0.717) is 47.0 Å². The molecule has 2 aliphatic rings. The van der Waals surface area contributed by atoms with Gasteiger partial charge in [0.05, 0.1) is 23.2 Å². The molecule has 1 aromatic heterocycles. The zero-order valence-corrected chi connectivity index (χ0v) is 23.7. The SMILES string of the molecule is COc1ccc([N+](=O)[O-])cc1CSc1ccc2c(c1)/C(=C/c1[nH]c(C)c(C(=O)N3CCN(C)CC3)c1C)C(=O)N2. The molecule has 0 spiro atoms. The molecule has 10 nitrogen and oxygen atoms in total. The van der Waals surface area contributed by atoms with Crippen molar-refractivity contribution in [1.82, 2.24) is 14.8 Å². The first kappa shape index (κ1) is 27.5. The molecule has 0 atom stereocenters. The van der Waals surface area contributed by atoms with Crippen LogP contribution in [0.3, 0.4) is 0 Å². The van der Waals surface area contributed by atoms with E-state index >= 15 is 0 Å². The van der Waals surface area contributed by atoms with E-state index in [4.69, 9.17) is 4.74 Å². The number of H-pyrrole nitrogens is 1. The Kier molecular flexibility index (Phi) is 7.68. The molecule has 0 aliphatic carbocycles. The number of hydrogen-bond acceptors (Lipinski definition) is 7. The first-order chi connectivity index (χ1) is 19.2. The van der Waals surface area contributed by atoms with Crippen molar-refractivity contribution in [1.29, 1.82) is 0 Å². The van der Waals surface area contributed by atoms with Crippen LogP contribution in [0.25, 0.3) is 11.6 Å². The van der Waals surface area contributed by atoms with Crippen LogP contribution in [0, 0.1) is 24.0 Å². The predicted octanol–water partition coefficient (Wildman–Crippen LogP) is 4.72. The van der Waals surface area contributed by atoms with E-state index in [0.717, 1.165) is 40.5 Å². The quantitative estimate of drug-likeness (QED) is 0.185. The van der Waals surface area contributed by atoms with Crippen molar-refractivity contribution in [2.24, 2.45) is 0 Å². The number of aromatic amines is 1. The molecule has 2 aliphatic heterocycles.